The largest absolute Gasteiger partial charge is 0.495 e. The van der Waals surface area contributed by atoms with Gasteiger partial charge in [0.15, 0.2) is 0 Å². The van der Waals surface area contributed by atoms with Crippen LogP contribution < -0.4 is 14.8 Å². The molecule has 6 nitrogen and oxygen atoms in total. The summed E-state index contributed by atoms with van der Waals surface area (Å²) in [5, 5.41) is 3.19. The average molecular weight is 449 g/mol. The molecule has 9 heteroatoms. The number of benzene rings is 3. The quantitative estimate of drug-likeness (QED) is 0.564. The van der Waals surface area contributed by atoms with Crippen molar-refractivity contribution in [2.45, 2.75) is 11.8 Å². The molecule has 2 N–H and O–H groups in total. The van der Waals surface area contributed by atoms with Crippen LogP contribution >= 0.6 is 11.6 Å². The first-order valence-corrected chi connectivity index (χ1v) is 10.6. The molecule has 0 aliphatic carbocycles. The third kappa shape index (κ3) is 4.90. The molecule has 0 heterocycles. The van der Waals surface area contributed by atoms with Gasteiger partial charge in [-0.05, 0) is 61.0 Å². The van der Waals surface area contributed by atoms with Crippen LogP contribution in [-0.2, 0) is 10.0 Å². The van der Waals surface area contributed by atoms with Crippen molar-refractivity contribution < 1.29 is 22.3 Å². The first-order valence-electron chi connectivity index (χ1n) is 8.73. The Morgan fingerprint density at radius 3 is 2.43 bits per heavy atom. The van der Waals surface area contributed by atoms with Crippen molar-refractivity contribution in [3.8, 4) is 5.75 Å². The maximum absolute atomic E-state index is 13.0. The minimum absolute atomic E-state index is 0.112. The number of amides is 1. The Morgan fingerprint density at radius 1 is 1.07 bits per heavy atom. The average Bonchev–Trinajstić information content (AvgIpc) is 2.72. The van der Waals surface area contributed by atoms with Gasteiger partial charge in [0, 0.05) is 22.3 Å². The van der Waals surface area contributed by atoms with Crippen molar-refractivity contribution in [3.05, 3.63) is 82.6 Å². The van der Waals surface area contributed by atoms with Crippen molar-refractivity contribution >= 4 is 38.9 Å². The number of hydrogen-bond donors (Lipinski definition) is 2. The van der Waals surface area contributed by atoms with Crippen LogP contribution in [0.4, 0.5) is 15.8 Å². The van der Waals surface area contributed by atoms with E-state index in [1.165, 1.54) is 43.5 Å². The highest BCUT2D eigenvalue weighted by Gasteiger charge is 2.18. The van der Waals surface area contributed by atoms with Crippen LogP contribution in [0.2, 0.25) is 5.02 Å². The van der Waals surface area contributed by atoms with E-state index < -0.39 is 21.7 Å². The fourth-order valence-corrected chi connectivity index (χ4v) is 3.92. The van der Waals surface area contributed by atoms with E-state index in [0.29, 0.717) is 16.5 Å². The molecule has 0 fully saturated rings. The zero-order chi connectivity index (χ0) is 21.9. The molecule has 0 aliphatic heterocycles. The zero-order valence-corrected chi connectivity index (χ0v) is 17.6. The minimum Gasteiger partial charge on any atom is -0.495 e. The summed E-state index contributed by atoms with van der Waals surface area (Å²) in [6, 6.07) is 13.7. The highest BCUT2D eigenvalue weighted by Crippen LogP contribution is 2.31. The van der Waals surface area contributed by atoms with Crippen molar-refractivity contribution in [2.75, 3.05) is 17.1 Å². The van der Waals surface area contributed by atoms with E-state index in [4.69, 9.17) is 16.3 Å². The first kappa shape index (κ1) is 21.6. The smallest absolute Gasteiger partial charge is 0.261 e. The van der Waals surface area contributed by atoms with Crippen molar-refractivity contribution in [1.29, 1.82) is 0 Å². The highest BCUT2D eigenvalue weighted by atomic mass is 35.5. The van der Waals surface area contributed by atoms with Gasteiger partial charge in [0.1, 0.15) is 11.6 Å². The number of sulfonamides is 1. The summed E-state index contributed by atoms with van der Waals surface area (Å²) in [5.41, 5.74) is 1.48. The number of carbonyl (C=O) groups is 1. The Labute approximate surface area is 178 Å². The van der Waals surface area contributed by atoms with Crippen LogP contribution in [0.5, 0.6) is 5.75 Å². The number of halogens is 2. The molecule has 0 bridgehead atoms. The second kappa shape index (κ2) is 8.73. The number of ether oxygens (including phenoxy) is 1. The van der Waals surface area contributed by atoms with Crippen molar-refractivity contribution in [1.82, 2.24) is 0 Å². The standard InChI is InChI=1S/C21H18ClFN2O4S/c1-13-10-19(20(29-2)12-18(13)22)24-21(26)14-4-3-5-17(11-14)30(27,28)25-16-8-6-15(23)7-9-16/h3-12,25H,1-2H3,(H,24,26). The van der Waals surface area contributed by atoms with Gasteiger partial charge in [0.05, 0.1) is 17.7 Å². The van der Waals surface area contributed by atoms with Gasteiger partial charge in [-0.1, -0.05) is 17.7 Å². The summed E-state index contributed by atoms with van der Waals surface area (Å²) >= 11 is 6.08. The molecule has 156 valence electrons. The van der Waals surface area contributed by atoms with Gasteiger partial charge >= 0.3 is 0 Å². The molecule has 0 atom stereocenters. The van der Waals surface area contributed by atoms with E-state index in [-0.39, 0.29) is 16.1 Å². The van der Waals surface area contributed by atoms with E-state index in [2.05, 4.69) is 10.0 Å². The summed E-state index contributed by atoms with van der Waals surface area (Å²) in [6.45, 7) is 1.78. The molecule has 0 spiro atoms. The van der Waals surface area contributed by atoms with Crippen LogP contribution in [-0.4, -0.2) is 21.4 Å². The van der Waals surface area contributed by atoms with Gasteiger partial charge in [0.2, 0.25) is 0 Å². The van der Waals surface area contributed by atoms with Gasteiger partial charge in [-0.2, -0.15) is 0 Å². The fourth-order valence-electron chi connectivity index (χ4n) is 2.66. The lowest BCUT2D eigenvalue weighted by Crippen LogP contribution is -2.16. The Morgan fingerprint density at radius 2 is 1.77 bits per heavy atom. The normalized spacial score (nSPS) is 11.1. The van der Waals surface area contributed by atoms with Gasteiger partial charge in [-0.3, -0.25) is 9.52 Å². The van der Waals surface area contributed by atoms with Crippen molar-refractivity contribution in [2.24, 2.45) is 0 Å². The molecule has 0 saturated carbocycles. The number of hydrogen-bond acceptors (Lipinski definition) is 4. The second-order valence-electron chi connectivity index (χ2n) is 6.40. The summed E-state index contributed by atoms with van der Waals surface area (Å²) in [6.07, 6.45) is 0. The van der Waals surface area contributed by atoms with Crippen molar-refractivity contribution in [3.63, 3.8) is 0 Å². The molecule has 3 aromatic rings. The number of methoxy groups -OCH3 is 1. The fraction of sp³-hybridized carbons (Fsp3) is 0.0952. The number of carbonyl (C=O) groups excluding carboxylic acids is 1. The van der Waals surface area contributed by atoms with E-state index in [0.717, 1.165) is 17.7 Å². The molecular weight excluding hydrogens is 431 g/mol. The van der Waals surface area contributed by atoms with Crippen LogP contribution in [0.1, 0.15) is 15.9 Å². The van der Waals surface area contributed by atoms with E-state index in [1.54, 1.807) is 19.1 Å². The van der Waals surface area contributed by atoms with Gasteiger partial charge in [-0.25, -0.2) is 12.8 Å². The van der Waals surface area contributed by atoms with Crippen LogP contribution in [0.25, 0.3) is 0 Å². The van der Waals surface area contributed by atoms with E-state index in [9.17, 15) is 17.6 Å². The molecule has 0 saturated heterocycles. The Bertz CT molecular complexity index is 1200. The molecule has 3 aromatic carbocycles. The maximum Gasteiger partial charge on any atom is 0.261 e. The summed E-state index contributed by atoms with van der Waals surface area (Å²) in [4.78, 5) is 12.6. The lowest BCUT2D eigenvalue weighted by atomic mass is 10.1. The number of rotatable bonds is 6. The van der Waals surface area contributed by atoms with Crippen LogP contribution in [0.15, 0.2) is 65.6 Å². The Balaban J connectivity index is 1.85. The summed E-state index contributed by atoms with van der Waals surface area (Å²) in [7, 11) is -2.53. The van der Waals surface area contributed by atoms with Crippen LogP contribution in [0, 0.1) is 12.7 Å². The second-order valence-corrected chi connectivity index (χ2v) is 8.49. The summed E-state index contributed by atoms with van der Waals surface area (Å²) in [5.74, 6) is -0.626. The number of nitrogens with one attached hydrogen (secondary N) is 2. The number of anilines is 2. The highest BCUT2D eigenvalue weighted by molar-refractivity contribution is 7.92. The number of aryl methyl sites for hydroxylation is 1. The third-order valence-electron chi connectivity index (χ3n) is 4.23. The first-order chi connectivity index (χ1) is 14.2. The third-order valence-corrected chi connectivity index (χ3v) is 6.02. The Kier molecular flexibility index (Phi) is 6.28. The van der Waals surface area contributed by atoms with Gasteiger partial charge in [-0.15, -0.1) is 0 Å². The molecular formula is C21H18ClFN2O4S. The topological polar surface area (TPSA) is 84.5 Å². The van der Waals surface area contributed by atoms with E-state index >= 15 is 0 Å². The Hall–Kier alpha value is -3.10. The molecule has 0 radical (unpaired) electrons. The SMILES string of the molecule is COc1cc(Cl)c(C)cc1NC(=O)c1cccc(S(=O)(=O)Nc2ccc(F)cc2)c1. The van der Waals surface area contributed by atoms with Crippen LogP contribution in [0.3, 0.4) is 0 Å². The predicted octanol–water partition coefficient (Wildman–Crippen LogP) is 4.85. The zero-order valence-electron chi connectivity index (χ0n) is 16.1. The molecule has 0 aromatic heterocycles. The minimum atomic E-state index is -3.97. The predicted molar refractivity (Wildman–Crippen MR) is 114 cm³/mol. The molecule has 3 rings (SSSR count). The summed E-state index contributed by atoms with van der Waals surface area (Å²) < 4.78 is 45.9. The maximum atomic E-state index is 13.0. The van der Waals surface area contributed by atoms with E-state index in [1.807, 2.05) is 0 Å². The molecule has 30 heavy (non-hydrogen) atoms. The van der Waals surface area contributed by atoms with Gasteiger partial charge in [0.25, 0.3) is 15.9 Å². The van der Waals surface area contributed by atoms with Gasteiger partial charge < -0.3 is 10.1 Å². The lowest BCUT2D eigenvalue weighted by Gasteiger charge is -2.13. The molecule has 0 unspecified atom stereocenters. The lowest BCUT2D eigenvalue weighted by molar-refractivity contribution is 0.102. The molecule has 0 aliphatic rings. The monoisotopic (exact) mass is 448 g/mol. The molecule has 1 amide bonds.